The molecule has 2 fully saturated rings. The van der Waals surface area contributed by atoms with Gasteiger partial charge in [-0.2, -0.15) is 0 Å². The zero-order chi connectivity index (χ0) is 21.9. The Hall–Kier alpha value is -2.26. The summed E-state index contributed by atoms with van der Waals surface area (Å²) >= 11 is 9.38. The quantitative estimate of drug-likeness (QED) is 0.505. The summed E-state index contributed by atoms with van der Waals surface area (Å²) in [5, 5.41) is 4.35. The van der Waals surface area contributed by atoms with E-state index in [1.54, 1.807) is 0 Å². The molecule has 2 saturated heterocycles. The summed E-state index contributed by atoms with van der Waals surface area (Å²) in [5.74, 6) is 0. The minimum Gasteiger partial charge on any atom is -0.379 e. The van der Waals surface area contributed by atoms with E-state index in [4.69, 9.17) is 17.0 Å². The maximum Gasteiger partial charge on any atom is 0.170 e. The summed E-state index contributed by atoms with van der Waals surface area (Å²) in [6.45, 7) is 5.35. The number of rotatable bonds is 6. The fraction of sp³-hybridized carbons (Fsp3) is 0.333. The highest BCUT2D eigenvalue weighted by Crippen LogP contribution is 2.39. The fourth-order valence-corrected chi connectivity index (χ4v) is 5.11. The van der Waals surface area contributed by atoms with Gasteiger partial charge in [-0.3, -0.25) is 9.88 Å². The van der Waals surface area contributed by atoms with E-state index in [2.05, 4.69) is 89.3 Å². The van der Waals surface area contributed by atoms with Crippen LogP contribution in [0.3, 0.4) is 0 Å². The fourth-order valence-electron chi connectivity index (χ4n) is 4.51. The molecule has 8 heteroatoms. The van der Waals surface area contributed by atoms with Gasteiger partial charge in [0, 0.05) is 54.4 Å². The van der Waals surface area contributed by atoms with E-state index < -0.39 is 0 Å². The number of morpholine rings is 1. The molecule has 0 spiro atoms. The molecule has 2 aliphatic heterocycles. The smallest absolute Gasteiger partial charge is 0.170 e. The maximum atomic E-state index is 5.84. The summed E-state index contributed by atoms with van der Waals surface area (Å²) in [6.07, 6.45) is 3.97. The lowest BCUT2D eigenvalue weighted by atomic mass is 10.0. The molecule has 0 amide bonds. The zero-order valence-electron chi connectivity index (χ0n) is 17.7. The lowest BCUT2D eigenvalue weighted by molar-refractivity contribution is 0.0349. The Morgan fingerprint density at radius 3 is 2.59 bits per heavy atom. The van der Waals surface area contributed by atoms with Gasteiger partial charge in [0.05, 0.1) is 31.0 Å². The summed E-state index contributed by atoms with van der Waals surface area (Å²) in [7, 11) is 0. The van der Waals surface area contributed by atoms with Gasteiger partial charge in [0.2, 0.25) is 0 Å². The summed E-state index contributed by atoms with van der Waals surface area (Å²) in [4.78, 5) is 9.44. The topological polar surface area (TPSA) is 45.6 Å². The van der Waals surface area contributed by atoms with Gasteiger partial charge in [-0.05, 0) is 60.7 Å². The van der Waals surface area contributed by atoms with Crippen molar-refractivity contribution in [3.05, 3.63) is 82.9 Å². The SMILES string of the molecule is S=C1N[C@@H](c2ccccn2)[C@@H](c2cccn2-c2ccc(Br)cc2)N1CCN1CCOCC1. The first kappa shape index (κ1) is 21.6. The molecule has 0 aliphatic carbocycles. The summed E-state index contributed by atoms with van der Waals surface area (Å²) < 4.78 is 8.83. The van der Waals surface area contributed by atoms with E-state index in [9.17, 15) is 0 Å². The number of hydrogen-bond acceptors (Lipinski definition) is 4. The minimum absolute atomic E-state index is 0.0162. The van der Waals surface area contributed by atoms with Crippen molar-refractivity contribution >= 4 is 33.3 Å². The number of ether oxygens (including phenoxy) is 1. The molecule has 4 heterocycles. The molecule has 32 heavy (non-hydrogen) atoms. The maximum absolute atomic E-state index is 5.84. The molecule has 6 nitrogen and oxygen atoms in total. The second-order valence-corrected chi connectivity index (χ2v) is 9.36. The van der Waals surface area contributed by atoms with Crippen molar-refractivity contribution in [2.45, 2.75) is 12.1 Å². The van der Waals surface area contributed by atoms with Crippen LogP contribution in [-0.4, -0.2) is 63.9 Å². The van der Waals surface area contributed by atoms with Crippen LogP contribution in [-0.2, 0) is 4.74 Å². The third-order valence-electron chi connectivity index (χ3n) is 6.15. The molecule has 2 aliphatic rings. The van der Waals surface area contributed by atoms with Crippen LogP contribution in [0.15, 0.2) is 71.5 Å². The van der Waals surface area contributed by atoms with Gasteiger partial charge in [-0.1, -0.05) is 22.0 Å². The molecule has 0 radical (unpaired) electrons. The Labute approximate surface area is 202 Å². The molecule has 1 N–H and O–H groups in total. The monoisotopic (exact) mass is 511 g/mol. The first-order valence-electron chi connectivity index (χ1n) is 10.9. The Balaban J connectivity index is 1.49. The first-order valence-corrected chi connectivity index (χ1v) is 12.1. The number of aromatic nitrogens is 2. The number of hydrogen-bond donors (Lipinski definition) is 1. The molecule has 5 rings (SSSR count). The molecule has 0 saturated carbocycles. The molecule has 0 unspecified atom stereocenters. The van der Waals surface area contributed by atoms with Crippen molar-refractivity contribution in [3.8, 4) is 5.69 Å². The van der Waals surface area contributed by atoms with Crippen LogP contribution in [0.5, 0.6) is 0 Å². The number of halogens is 1. The summed E-state index contributed by atoms with van der Waals surface area (Å²) in [6, 6.07) is 18.8. The van der Waals surface area contributed by atoms with Crippen LogP contribution >= 0.6 is 28.1 Å². The van der Waals surface area contributed by atoms with Crippen LogP contribution in [0.2, 0.25) is 0 Å². The predicted molar refractivity (Wildman–Crippen MR) is 133 cm³/mol. The Bertz CT molecular complexity index is 1050. The number of nitrogens with one attached hydrogen (secondary N) is 1. The number of thiocarbonyl (C=S) groups is 1. The van der Waals surface area contributed by atoms with E-state index in [1.807, 2.05) is 18.3 Å². The first-order chi connectivity index (χ1) is 15.7. The molecular weight excluding hydrogens is 486 g/mol. The molecule has 166 valence electrons. The van der Waals surface area contributed by atoms with E-state index in [1.165, 1.54) is 5.69 Å². The molecule has 2 aromatic heterocycles. The predicted octanol–water partition coefficient (Wildman–Crippen LogP) is 3.94. The minimum atomic E-state index is -0.0162. The van der Waals surface area contributed by atoms with E-state index >= 15 is 0 Å². The van der Waals surface area contributed by atoms with Crippen molar-refractivity contribution in [1.82, 2.24) is 24.7 Å². The van der Waals surface area contributed by atoms with Gasteiger partial charge >= 0.3 is 0 Å². The average Bonchev–Trinajstić information content (AvgIpc) is 3.43. The molecule has 3 aromatic rings. The summed E-state index contributed by atoms with van der Waals surface area (Å²) in [5.41, 5.74) is 3.31. The number of nitrogens with zero attached hydrogens (tertiary/aromatic N) is 4. The van der Waals surface area contributed by atoms with Crippen LogP contribution in [0.1, 0.15) is 23.5 Å². The van der Waals surface area contributed by atoms with E-state index in [0.717, 1.165) is 60.4 Å². The van der Waals surface area contributed by atoms with Gasteiger partial charge in [0.15, 0.2) is 5.11 Å². The Morgan fingerprint density at radius 2 is 1.84 bits per heavy atom. The van der Waals surface area contributed by atoms with Gasteiger partial charge in [0.25, 0.3) is 0 Å². The largest absolute Gasteiger partial charge is 0.379 e. The number of benzene rings is 1. The van der Waals surface area contributed by atoms with Gasteiger partial charge in [0.1, 0.15) is 0 Å². The Kier molecular flexibility index (Phi) is 6.54. The highest BCUT2D eigenvalue weighted by molar-refractivity contribution is 9.10. The van der Waals surface area contributed by atoms with E-state index in [0.29, 0.717) is 0 Å². The highest BCUT2D eigenvalue weighted by Gasteiger charge is 2.41. The second kappa shape index (κ2) is 9.70. The number of pyridine rings is 1. The van der Waals surface area contributed by atoms with Gasteiger partial charge < -0.3 is 19.5 Å². The second-order valence-electron chi connectivity index (χ2n) is 8.05. The van der Waals surface area contributed by atoms with Crippen molar-refractivity contribution in [3.63, 3.8) is 0 Å². The van der Waals surface area contributed by atoms with Crippen molar-refractivity contribution in [2.24, 2.45) is 0 Å². The van der Waals surface area contributed by atoms with Crippen LogP contribution in [0.4, 0.5) is 0 Å². The molecule has 0 bridgehead atoms. The van der Waals surface area contributed by atoms with E-state index in [-0.39, 0.29) is 12.1 Å². The average molecular weight is 512 g/mol. The zero-order valence-corrected chi connectivity index (χ0v) is 20.1. The normalized spacial score (nSPS) is 21.7. The standard InChI is InChI=1S/C24H26BrN5OS/c25-18-6-8-19(9-7-18)29-11-3-5-21(29)23-22(20-4-1-2-10-26-20)27-24(32)30(23)13-12-28-14-16-31-17-15-28/h1-11,22-23H,12-17H2,(H,27,32)/t22-,23+/m0/s1. The lowest BCUT2D eigenvalue weighted by Crippen LogP contribution is -2.42. The van der Waals surface area contributed by atoms with Gasteiger partial charge in [-0.25, -0.2) is 0 Å². The third kappa shape index (κ3) is 4.45. The Morgan fingerprint density at radius 1 is 1.03 bits per heavy atom. The van der Waals surface area contributed by atoms with Gasteiger partial charge in [-0.15, -0.1) is 0 Å². The van der Waals surface area contributed by atoms with Crippen LogP contribution < -0.4 is 5.32 Å². The van der Waals surface area contributed by atoms with Crippen molar-refractivity contribution < 1.29 is 4.74 Å². The molecular formula is C24H26BrN5OS. The van der Waals surface area contributed by atoms with Crippen LogP contribution in [0.25, 0.3) is 5.69 Å². The highest BCUT2D eigenvalue weighted by atomic mass is 79.9. The van der Waals surface area contributed by atoms with Crippen molar-refractivity contribution in [2.75, 3.05) is 39.4 Å². The van der Waals surface area contributed by atoms with Crippen molar-refractivity contribution in [1.29, 1.82) is 0 Å². The molecule has 2 atom stereocenters. The third-order valence-corrected chi connectivity index (χ3v) is 7.03. The van der Waals surface area contributed by atoms with Crippen LogP contribution in [0, 0.1) is 0 Å². The lowest BCUT2D eigenvalue weighted by Gasteiger charge is -2.32. The molecule has 1 aromatic carbocycles.